The summed E-state index contributed by atoms with van der Waals surface area (Å²) in [6.45, 7) is 0. The first-order valence-corrected chi connectivity index (χ1v) is 4.99. The molecule has 0 fully saturated rings. The third kappa shape index (κ3) is 1.55. The summed E-state index contributed by atoms with van der Waals surface area (Å²) in [6.07, 6.45) is 4.75. The average molecular weight is 276 g/mol. The number of aromatic nitrogens is 2. The largest absolute Gasteiger partial charge is 0.303 e. The highest BCUT2D eigenvalue weighted by molar-refractivity contribution is 9.10. The molecule has 0 aliphatic carbocycles. The molecule has 2 nitrogen and oxygen atoms in total. The molecule has 14 heavy (non-hydrogen) atoms. The van der Waals surface area contributed by atoms with Crippen LogP contribution in [0, 0.1) is 5.82 Å². The molecule has 72 valence electrons. The minimum atomic E-state index is -0.459. The average Bonchev–Trinajstić information content (AvgIpc) is 2.67. The number of benzene rings is 1. The molecule has 5 heteroatoms. The zero-order valence-electron chi connectivity index (χ0n) is 6.92. The number of imidazole rings is 1. The Morgan fingerprint density at radius 2 is 2.21 bits per heavy atom. The van der Waals surface area contributed by atoms with Crippen LogP contribution in [-0.4, -0.2) is 9.55 Å². The van der Waals surface area contributed by atoms with Crippen LogP contribution in [0.5, 0.6) is 0 Å². The zero-order valence-corrected chi connectivity index (χ0v) is 9.26. The summed E-state index contributed by atoms with van der Waals surface area (Å²) >= 11 is 8.89. The first-order chi connectivity index (χ1) is 6.70. The maximum absolute atomic E-state index is 13.6. The van der Waals surface area contributed by atoms with Crippen molar-refractivity contribution in [3.8, 4) is 5.69 Å². The smallest absolute Gasteiger partial charge is 0.166 e. The Morgan fingerprint density at radius 1 is 1.43 bits per heavy atom. The van der Waals surface area contributed by atoms with E-state index in [4.69, 9.17) is 11.6 Å². The fourth-order valence-electron chi connectivity index (χ4n) is 1.12. The number of nitrogens with zero attached hydrogens (tertiary/aromatic N) is 2. The van der Waals surface area contributed by atoms with Gasteiger partial charge in [-0.1, -0.05) is 11.6 Å². The van der Waals surface area contributed by atoms with Gasteiger partial charge in [0.25, 0.3) is 0 Å². The Balaban J connectivity index is 2.61. The van der Waals surface area contributed by atoms with Crippen molar-refractivity contribution in [3.05, 3.63) is 46.2 Å². The van der Waals surface area contributed by atoms with Gasteiger partial charge in [-0.3, -0.25) is 0 Å². The highest BCUT2D eigenvalue weighted by Crippen LogP contribution is 2.29. The molecular formula is C9H5BrClFN2. The van der Waals surface area contributed by atoms with E-state index in [1.54, 1.807) is 29.1 Å². The van der Waals surface area contributed by atoms with Crippen molar-refractivity contribution in [2.75, 3.05) is 0 Å². The van der Waals surface area contributed by atoms with E-state index in [-0.39, 0.29) is 5.02 Å². The van der Waals surface area contributed by atoms with E-state index in [9.17, 15) is 4.39 Å². The second-order valence-corrected chi connectivity index (χ2v) is 3.90. The normalized spacial score (nSPS) is 10.5. The van der Waals surface area contributed by atoms with E-state index >= 15 is 0 Å². The third-order valence-corrected chi connectivity index (χ3v) is 3.06. The maximum Gasteiger partial charge on any atom is 0.166 e. The Hall–Kier alpha value is -0.870. The SMILES string of the molecule is Fc1c(-n2ccnc2)ccc(Br)c1Cl. The predicted octanol–water partition coefficient (Wildman–Crippen LogP) is 3.43. The monoisotopic (exact) mass is 274 g/mol. The standard InChI is InChI=1S/C9H5BrClFN2/c10-6-1-2-7(9(12)8(6)11)14-4-3-13-5-14/h1-5H. The second kappa shape index (κ2) is 3.71. The van der Waals surface area contributed by atoms with Gasteiger partial charge in [0, 0.05) is 16.9 Å². The minimum Gasteiger partial charge on any atom is -0.303 e. The van der Waals surface area contributed by atoms with Crippen molar-refractivity contribution in [3.63, 3.8) is 0 Å². The van der Waals surface area contributed by atoms with E-state index in [2.05, 4.69) is 20.9 Å². The molecular weight excluding hydrogens is 270 g/mol. The van der Waals surface area contributed by atoms with Crippen LogP contribution in [0.25, 0.3) is 5.69 Å². The van der Waals surface area contributed by atoms with Crippen molar-refractivity contribution in [1.82, 2.24) is 9.55 Å². The summed E-state index contributed by atoms with van der Waals surface area (Å²) in [5, 5.41) is 0.0798. The van der Waals surface area contributed by atoms with Gasteiger partial charge in [-0.25, -0.2) is 9.37 Å². The molecule has 1 aromatic carbocycles. The van der Waals surface area contributed by atoms with Crippen LogP contribution in [-0.2, 0) is 0 Å². The number of hydrogen-bond donors (Lipinski definition) is 0. The van der Waals surface area contributed by atoms with E-state index in [1.807, 2.05) is 0 Å². The van der Waals surface area contributed by atoms with Crippen molar-refractivity contribution >= 4 is 27.5 Å². The quantitative estimate of drug-likeness (QED) is 0.729. The highest BCUT2D eigenvalue weighted by atomic mass is 79.9. The minimum absolute atomic E-state index is 0.0798. The summed E-state index contributed by atoms with van der Waals surface area (Å²) in [5.74, 6) is -0.459. The molecule has 2 aromatic rings. The lowest BCUT2D eigenvalue weighted by Crippen LogP contribution is -1.95. The van der Waals surface area contributed by atoms with Crippen molar-refractivity contribution < 1.29 is 4.39 Å². The van der Waals surface area contributed by atoms with Crippen LogP contribution in [0.3, 0.4) is 0 Å². The molecule has 0 spiro atoms. The fraction of sp³-hybridized carbons (Fsp3) is 0. The molecule has 0 bridgehead atoms. The third-order valence-electron chi connectivity index (χ3n) is 1.80. The molecule has 1 heterocycles. The van der Waals surface area contributed by atoms with Gasteiger partial charge >= 0.3 is 0 Å². The molecule has 0 aliphatic heterocycles. The van der Waals surface area contributed by atoms with Gasteiger partial charge in [0.1, 0.15) is 0 Å². The van der Waals surface area contributed by atoms with Crippen molar-refractivity contribution in [2.24, 2.45) is 0 Å². The maximum atomic E-state index is 13.6. The summed E-state index contributed by atoms with van der Waals surface area (Å²) < 4.78 is 15.7. The second-order valence-electron chi connectivity index (χ2n) is 2.66. The van der Waals surface area contributed by atoms with Crippen LogP contribution >= 0.6 is 27.5 Å². The lowest BCUT2D eigenvalue weighted by atomic mass is 10.3. The molecule has 0 saturated carbocycles. The summed E-state index contributed by atoms with van der Waals surface area (Å²) in [7, 11) is 0. The molecule has 0 aliphatic rings. The van der Waals surface area contributed by atoms with Gasteiger partial charge in [-0.15, -0.1) is 0 Å². The molecule has 0 N–H and O–H groups in total. The lowest BCUT2D eigenvalue weighted by Gasteiger charge is -2.05. The molecule has 0 saturated heterocycles. The van der Waals surface area contributed by atoms with Gasteiger partial charge in [0.15, 0.2) is 5.82 Å². The molecule has 2 rings (SSSR count). The first kappa shape index (κ1) is 9.68. The Kier molecular flexibility index (Phi) is 2.56. The molecule has 0 unspecified atom stereocenters. The van der Waals surface area contributed by atoms with E-state index < -0.39 is 5.82 Å². The van der Waals surface area contributed by atoms with Crippen molar-refractivity contribution in [2.45, 2.75) is 0 Å². The van der Waals surface area contributed by atoms with Crippen molar-refractivity contribution in [1.29, 1.82) is 0 Å². The van der Waals surface area contributed by atoms with E-state index in [1.165, 1.54) is 6.33 Å². The lowest BCUT2D eigenvalue weighted by molar-refractivity contribution is 0.617. The molecule has 0 atom stereocenters. The van der Waals surface area contributed by atoms with Gasteiger partial charge in [0.05, 0.1) is 17.0 Å². The molecule has 1 aromatic heterocycles. The van der Waals surface area contributed by atoms with E-state index in [0.717, 1.165) is 0 Å². The van der Waals surface area contributed by atoms with Gasteiger partial charge in [-0.05, 0) is 28.1 Å². The first-order valence-electron chi connectivity index (χ1n) is 3.82. The van der Waals surface area contributed by atoms with Crippen LogP contribution in [0.2, 0.25) is 5.02 Å². The number of hydrogen-bond acceptors (Lipinski definition) is 1. The zero-order chi connectivity index (χ0) is 10.1. The van der Waals surface area contributed by atoms with Gasteiger partial charge in [-0.2, -0.15) is 0 Å². The highest BCUT2D eigenvalue weighted by Gasteiger charge is 2.10. The Morgan fingerprint density at radius 3 is 2.86 bits per heavy atom. The van der Waals surface area contributed by atoms with E-state index in [0.29, 0.717) is 10.2 Å². The summed E-state index contributed by atoms with van der Waals surface area (Å²) in [5.41, 5.74) is 0.385. The number of rotatable bonds is 1. The summed E-state index contributed by atoms with van der Waals surface area (Å²) in [4.78, 5) is 3.83. The summed E-state index contributed by atoms with van der Waals surface area (Å²) in [6, 6.07) is 3.33. The van der Waals surface area contributed by atoms with Crippen LogP contribution in [0.15, 0.2) is 35.3 Å². The molecule has 0 amide bonds. The Labute approximate surface area is 93.5 Å². The predicted molar refractivity (Wildman–Crippen MR) is 56.2 cm³/mol. The topological polar surface area (TPSA) is 17.8 Å². The van der Waals surface area contributed by atoms with Crippen LogP contribution < -0.4 is 0 Å². The Bertz CT molecular complexity index is 456. The van der Waals surface area contributed by atoms with Gasteiger partial charge in [0.2, 0.25) is 0 Å². The molecule has 0 radical (unpaired) electrons. The number of halogens is 3. The fourth-order valence-corrected chi connectivity index (χ4v) is 1.58. The van der Waals surface area contributed by atoms with Crippen LogP contribution in [0.4, 0.5) is 4.39 Å². The van der Waals surface area contributed by atoms with Gasteiger partial charge < -0.3 is 4.57 Å². The van der Waals surface area contributed by atoms with Crippen LogP contribution in [0.1, 0.15) is 0 Å².